The van der Waals surface area contributed by atoms with Gasteiger partial charge < -0.3 is 15.7 Å². The fourth-order valence-electron chi connectivity index (χ4n) is 1.82. The number of halogens is 2. The molecule has 0 fully saturated rings. The van der Waals surface area contributed by atoms with Gasteiger partial charge in [0.25, 0.3) is 0 Å². The van der Waals surface area contributed by atoms with Crippen LogP contribution >= 0.6 is 24.0 Å². The van der Waals surface area contributed by atoms with E-state index in [2.05, 4.69) is 5.48 Å². The number of benzene rings is 2. The van der Waals surface area contributed by atoms with Crippen LogP contribution in [0.4, 0.5) is 0 Å². The third-order valence-electron chi connectivity index (χ3n) is 2.82. The molecule has 0 aromatic heterocycles. The van der Waals surface area contributed by atoms with E-state index in [1.165, 1.54) is 0 Å². The summed E-state index contributed by atoms with van der Waals surface area (Å²) in [6.07, 6.45) is 0.689. The molecule has 21 heavy (non-hydrogen) atoms. The van der Waals surface area contributed by atoms with Crippen molar-refractivity contribution in [2.24, 2.45) is 5.73 Å². The van der Waals surface area contributed by atoms with E-state index in [9.17, 15) is 0 Å². The Morgan fingerprint density at radius 2 is 1.57 bits per heavy atom. The lowest BCUT2D eigenvalue weighted by Gasteiger charge is -2.11. The van der Waals surface area contributed by atoms with E-state index in [1.807, 2.05) is 36.4 Å². The number of nitrogens with two attached hydrogens (primary N) is 1. The average molecular weight is 329 g/mol. The topological polar surface area (TPSA) is 67.5 Å². The standard InChI is InChI=1S/C15H17ClN2O2.ClH/c16-12-3-7-15(8-4-12)20-14-5-1-11(2-6-14)9-13(17)10-18-19;/h1-8,13,18-19H,9-10,17H2;1H/t13-;/m0./s1. The molecule has 0 bridgehead atoms. The first-order valence-corrected chi connectivity index (χ1v) is 6.70. The largest absolute Gasteiger partial charge is 0.457 e. The highest BCUT2D eigenvalue weighted by Gasteiger charge is 2.04. The summed E-state index contributed by atoms with van der Waals surface area (Å²) in [4.78, 5) is 0. The fourth-order valence-corrected chi connectivity index (χ4v) is 1.95. The van der Waals surface area contributed by atoms with Gasteiger partial charge in [-0.2, -0.15) is 0 Å². The molecule has 0 heterocycles. The molecule has 2 aromatic carbocycles. The van der Waals surface area contributed by atoms with E-state index >= 15 is 0 Å². The highest BCUT2D eigenvalue weighted by molar-refractivity contribution is 6.30. The van der Waals surface area contributed by atoms with Crippen molar-refractivity contribution in [2.45, 2.75) is 12.5 Å². The van der Waals surface area contributed by atoms with Gasteiger partial charge in [0, 0.05) is 17.6 Å². The number of hydroxylamine groups is 1. The van der Waals surface area contributed by atoms with E-state index in [0.717, 1.165) is 17.1 Å². The fraction of sp³-hybridized carbons (Fsp3) is 0.200. The predicted octanol–water partition coefficient (Wildman–Crippen LogP) is 3.40. The number of nitrogens with one attached hydrogen (secondary N) is 1. The van der Waals surface area contributed by atoms with Gasteiger partial charge in [-0.3, -0.25) is 0 Å². The van der Waals surface area contributed by atoms with Crippen LogP contribution in [0.2, 0.25) is 5.02 Å². The summed E-state index contributed by atoms with van der Waals surface area (Å²) < 4.78 is 5.70. The number of hydrogen-bond donors (Lipinski definition) is 3. The molecule has 0 unspecified atom stereocenters. The Balaban J connectivity index is 0.00000220. The molecule has 0 aliphatic rings. The summed E-state index contributed by atoms with van der Waals surface area (Å²) in [6, 6.07) is 14.8. The second-order valence-electron chi connectivity index (χ2n) is 4.53. The Morgan fingerprint density at radius 1 is 1.05 bits per heavy atom. The van der Waals surface area contributed by atoms with Crippen LogP contribution in [-0.4, -0.2) is 17.8 Å². The lowest BCUT2D eigenvalue weighted by atomic mass is 10.1. The Bertz CT molecular complexity index is 532. The monoisotopic (exact) mass is 328 g/mol. The Hall–Kier alpha value is -1.30. The van der Waals surface area contributed by atoms with Crippen LogP contribution < -0.4 is 16.0 Å². The van der Waals surface area contributed by atoms with Crippen LogP contribution in [0.15, 0.2) is 48.5 Å². The van der Waals surface area contributed by atoms with Crippen molar-refractivity contribution in [1.29, 1.82) is 0 Å². The maximum Gasteiger partial charge on any atom is 0.127 e. The second kappa shape index (κ2) is 8.87. The number of ether oxygens (including phenoxy) is 1. The molecule has 0 amide bonds. The van der Waals surface area contributed by atoms with Gasteiger partial charge in [0.1, 0.15) is 11.5 Å². The molecular formula is C15H18Cl2N2O2. The Morgan fingerprint density at radius 3 is 2.10 bits per heavy atom. The van der Waals surface area contributed by atoms with Crippen molar-refractivity contribution in [3.63, 3.8) is 0 Å². The van der Waals surface area contributed by atoms with Gasteiger partial charge in [-0.15, -0.1) is 12.4 Å². The zero-order chi connectivity index (χ0) is 14.4. The Labute approximate surface area is 135 Å². The third-order valence-corrected chi connectivity index (χ3v) is 3.08. The van der Waals surface area contributed by atoms with Gasteiger partial charge >= 0.3 is 0 Å². The molecule has 1 atom stereocenters. The molecular weight excluding hydrogens is 311 g/mol. The summed E-state index contributed by atoms with van der Waals surface area (Å²) in [7, 11) is 0. The van der Waals surface area contributed by atoms with Crippen LogP contribution in [0.25, 0.3) is 0 Å². The summed E-state index contributed by atoms with van der Waals surface area (Å²) >= 11 is 5.82. The molecule has 0 saturated heterocycles. The lowest BCUT2D eigenvalue weighted by Crippen LogP contribution is -2.33. The molecule has 0 aliphatic carbocycles. The van der Waals surface area contributed by atoms with Crippen molar-refractivity contribution < 1.29 is 9.94 Å². The molecule has 0 radical (unpaired) electrons. The predicted molar refractivity (Wildman–Crippen MR) is 86.7 cm³/mol. The van der Waals surface area contributed by atoms with E-state index in [-0.39, 0.29) is 18.4 Å². The molecule has 0 saturated carbocycles. The van der Waals surface area contributed by atoms with Crippen molar-refractivity contribution in [3.8, 4) is 11.5 Å². The van der Waals surface area contributed by atoms with E-state index in [4.69, 9.17) is 27.3 Å². The van der Waals surface area contributed by atoms with Crippen molar-refractivity contribution in [3.05, 3.63) is 59.1 Å². The first kappa shape index (κ1) is 17.8. The van der Waals surface area contributed by atoms with Gasteiger partial charge in [0.05, 0.1) is 0 Å². The van der Waals surface area contributed by atoms with Gasteiger partial charge in [-0.25, -0.2) is 5.48 Å². The normalized spacial score (nSPS) is 11.6. The lowest BCUT2D eigenvalue weighted by molar-refractivity contribution is 0.160. The summed E-state index contributed by atoms with van der Waals surface area (Å²) in [5, 5.41) is 9.26. The van der Waals surface area contributed by atoms with Gasteiger partial charge in [-0.05, 0) is 48.4 Å². The van der Waals surface area contributed by atoms with Gasteiger partial charge in [-0.1, -0.05) is 23.7 Å². The highest BCUT2D eigenvalue weighted by Crippen LogP contribution is 2.23. The molecule has 4 nitrogen and oxygen atoms in total. The third kappa shape index (κ3) is 5.91. The van der Waals surface area contributed by atoms with E-state index in [1.54, 1.807) is 12.1 Å². The molecule has 0 spiro atoms. The molecule has 4 N–H and O–H groups in total. The van der Waals surface area contributed by atoms with Crippen LogP contribution in [0.5, 0.6) is 11.5 Å². The number of hydrogen-bond acceptors (Lipinski definition) is 4. The quantitative estimate of drug-likeness (QED) is 0.711. The van der Waals surface area contributed by atoms with E-state index in [0.29, 0.717) is 18.0 Å². The van der Waals surface area contributed by atoms with E-state index < -0.39 is 0 Å². The highest BCUT2D eigenvalue weighted by atomic mass is 35.5. The zero-order valence-corrected chi connectivity index (χ0v) is 12.9. The molecule has 2 rings (SSSR count). The molecule has 0 aliphatic heterocycles. The second-order valence-corrected chi connectivity index (χ2v) is 4.96. The first-order valence-electron chi connectivity index (χ1n) is 6.32. The minimum atomic E-state index is -0.122. The van der Waals surface area contributed by atoms with Crippen LogP contribution in [0.1, 0.15) is 5.56 Å². The van der Waals surface area contributed by atoms with Crippen molar-refractivity contribution in [2.75, 3.05) is 6.54 Å². The first-order chi connectivity index (χ1) is 9.67. The van der Waals surface area contributed by atoms with Gasteiger partial charge in [0.2, 0.25) is 0 Å². The maximum atomic E-state index is 8.58. The SMILES string of the molecule is Cl.N[C@H](CNO)Cc1ccc(Oc2ccc(Cl)cc2)cc1. The van der Waals surface area contributed by atoms with Crippen molar-refractivity contribution in [1.82, 2.24) is 5.48 Å². The van der Waals surface area contributed by atoms with Crippen molar-refractivity contribution >= 4 is 24.0 Å². The van der Waals surface area contributed by atoms with Gasteiger partial charge in [0.15, 0.2) is 0 Å². The molecule has 114 valence electrons. The zero-order valence-electron chi connectivity index (χ0n) is 11.3. The molecule has 2 aromatic rings. The smallest absolute Gasteiger partial charge is 0.127 e. The van der Waals surface area contributed by atoms with Crippen LogP contribution in [-0.2, 0) is 6.42 Å². The minimum Gasteiger partial charge on any atom is -0.457 e. The maximum absolute atomic E-state index is 8.58. The average Bonchev–Trinajstić information content (AvgIpc) is 2.44. The van der Waals surface area contributed by atoms with Crippen LogP contribution in [0.3, 0.4) is 0 Å². The Kier molecular flexibility index (Phi) is 7.50. The summed E-state index contributed by atoms with van der Waals surface area (Å²) in [6.45, 7) is 0.364. The number of rotatable bonds is 6. The summed E-state index contributed by atoms with van der Waals surface area (Å²) in [5.74, 6) is 1.49. The molecule has 6 heteroatoms. The summed E-state index contributed by atoms with van der Waals surface area (Å²) in [5.41, 5.74) is 9.00. The minimum absolute atomic E-state index is 0. The van der Waals surface area contributed by atoms with Crippen LogP contribution in [0, 0.1) is 0 Å².